The van der Waals surface area contributed by atoms with E-state index in [0.717, 1.165) is 29.1 Å². The van der Waals surface area contributed by atoms with E-state index < -0.39 is 0 Å². The fourth-order valence-corrected chi connectivity index (χ4v) is 3.72. The molecule has 0 atom stereocenters. The molecule has 21 heavy (non-hydrogen) atoms. The van der Waals surface area contributed by atoms with Crippen molar-refractivity contribution in [1.29, 1.82) is 0 Å². The largest absolute Gasteiger partial charge is 0.382 e. The number of aromatic nitrogens is 2. The average Bonchev–Trinajstić information content (AvgIpc) is 3.12. The van der Waals surface area contributed by atoms with Crippen LogP contribution in [0.4, 0.5) is 10.8 Å². The Morgan fingerprint density at radius 2 is 2.10 bits per heavy atom. The Morgan fingerprint density at radius 3 is 2.81 bits per heavy atom. The molecule has 3 aromatic rings. The van der Waals surface area contributed by atoms with Crippen LogP contribution < -0.4 is 11.1 Å². The molecule has 108 valence electrons. The van der Waals surface area contributed by atoms with Crippen LogP contribution in [0, 0.1) is 0 Å². The molecule has 0 fully saturated rings. The molecule has 0 saturated carbocycles. The highest BCUT2D eigenvalue weighted by Gasteiger charge is 2.13. The third-order valence-corrected chi connectivity index (χ3v) is 5.21. The Hall–Kier alpha value is -1.92. The SMILES string of the molecule is CCc1ccc(CNc2snc(N)c2-c2cccnc2)s1. The summed E-state index contributed by atoms with van der Waals surface area (Å²) in [5.41, 5.74) is 7.94. The summed E-state index contributed by atoms with van der Waals surface area (Å²) in [7, 11) is 0. The quantitative estimate of drug-likeness (QED) is 0.746. The van der Waals surface area contributed by atoms with Crippen molar-refractivity contribution in [3.63, 3.8) is 0 Å². The molecule has 0 aliphatic heterocycles. The summed E-state index contributed by atoms with van der Waals surface area (Å²) in [5.74, 6) is 0.552. The molecule has 3 heterocycles. The molecule has 6 heteroatoms. The van der Waals surface area contributed by atoms with E-state index in [2.05, 4.69) is 33.7 Å². The molecular formula is C15H16N4S2. The number of pyridine rings is 1. The van der Waals surface area contributed by atoms with Crippen molar-refractivity contribution in [2.75, 3.05) is 11.1 Å². The Kier molecular flexibility index (Phi) is 4.17. The van der Waals surface area contributed by atoms with Crippen LogP contribution in [0.5, 0.6) is 0 Å². The zero-order chi connectivity index (χ0) is 14.7. The normalized spacial score (nSPS) is 10.7. The van der Waals surface area contributed by atoms with Gasteiger partial charge in [-0.15, -0.1) is 11.3 Å². The fraction of sp³-hybridized carbons (Fsp3) is 0.200. The third-order valence-electron chi connectivity index (χ3n) is 3.16. The van der Waals surface area contributed by atoms with Gasteiger partial charge in [-0.3, -0.25) is 4.98 Å². The van der Waals surface area contributed by atoms with Gasteiger partial charge in [-0.1, -0.05) is 13.0 Å². The van der Waals surface area contributed by atoms with Gasteiger partial charge in [0, 0.05) is 27.7 Å². The molecule has 0 saturated heterocycles. The highest BCUT2D eigenvalue weighted by Crippen LogP contribution is 2.36. The number of anilines is 2. The van der Waals surface area contributed by atoms with Crippen molar-refractivity contribution in [3.8, 4) is 11.1 Å². The van der Waals surface area contributed by atoms with Crippen LogP contribution in [0.15, 0.2) is 36.7 Å². The predicted molar refractivity (Wildman–Crippen MR) is 90.8 cm³/mol. The first-order valence-corrected chi connectivity index (χ1v) is 8.34. The molecule has 0 aromatic carbocycles. The van der Waals surface area contributed by atoms with Crippen molar-refractivity contribution in [2.45, 2.75) is 19.9 Å². The molecule has 3 rings (SSSR count). The second-order valence-corrected chi connectivity index (χ2v) is 6.62. The summed E-state index contributed by atoms with van der Waals surface area (Å²) in [6, 6.07) is 8.26. The van der Waals surface area contributed by atoms with Crippen molar-refractivity contribution in [3.05, 3.63) is 46.4 Å². The molecule has 0 bridgehead atoms. The van der Waals surface area contributed by atoms with Crippen LogP contribution in [-0.4, -0.2) is 9.36 Å². The van der Waals surface area contributed by atoms with E-state index in [9.17, 15) is 0 Å². The Labute approximate surface area is 131 Å². The molecule has 3 N–H and O–H groups in total. The van der Waals surface area contributed by atoms with Gasteiger partial charge >= 0.3 is 0 Å². The van der Waals surface area contributed by atoms with Crippen LogP contribution in [0.3, 0.4) is 0 Å². The maximum Gasteiger partial charge on any atom is 0.147 e. The van der Waals surface area contributed by atoms with E-state index >= 15 is 0 Å². The number of hydrogen-bond acceptors (Lipinski definition) is 6. The van der Waals surface area contributed by atoms with Gasteiger partial charge in [0.1, 0.15) is 10.8 Å². The van der Waals surface area contributed by atoms with Crippen molar-refractivity contribution in [1.82, 2.24) is 9.36 Å². The van der Waals surface area contributed by atoms with Gasteiger partial charge in [-0.2, -0.15) is 4.37 Å². The number of thiophene rings is 1. The minimum atomic E-state index is 0.552. The monoisotopic (exact) mass is 316 g/mol. The van der Waals surface area contributed by atoms with E-state index in [4.69, 9.17) is 5.73 Å². The summed E-state index contributed by atoms with van der Waals surface area (Å²) in [5, 5.41) is 4.44. The van der Waals surface area contributed by atoms with E-state index in [-0.39, 0.29) is 0 Å². The Morgan fingerprint density at radius 1 is 1.24 bits per heavy atom. The number of aryl methyl sites for hydroxylation is 1. The van der Waals surface area contributed by atoms with Crippen LogP contribution in [-0.2, 0) is 13.0 Å². The molecule has 0 amide bonds. The first kappa shape index (κ1) is 14.0. The topological polar surface area (TPSA) is 63.8 Å². The molecule has 4 nitrogen and oxygen atoms in total. The number of nitrogens with one attached hydrogen (secondary N) is 1. The highest BCUT2D eigenvalue weighted by molar-refractivity contribution is 7.12. The lowest BCUT2D eigenvalue weighted by Gasteiger charge is -2.06. The number of nitrogen functional groups attached to an aromatic ring is 1. The fourth-order valence-electron chi connectivity index (χ4n) is 2.09. The minimum Gasteiger partial charge on any atom is -0.382 e. The standard InChI is InChI=1S/C15H16N4S2/c1-2-11-5-6-12(20-11)9-18-15-13(14(16)19-21-15)10-4-3-7-17-8-10/h3-8,18H,2,9H2,1H3,(H2,16,19). The van der Waals surface area contributed by atoms with E-state index in [1.54, 1.807) is 6.20 Å². The summed E-state index contributed by atoms with van der Waals surface area (Å²) >= 11 is 3.23. The molecule has 0 aliphatic rings. The molecular weight excluding hydrogens is 300 g/mol. The van der Waals surface area contributed by atoms with E-state index in [1.165, 1.54) is 21.3 Å². The lowest BCUT2D eigenvalue weighted by atomic mass is 10.1. The summed E-state index contributed by atoms with van der Waals surface area (Å²) in [4.78, 5) is 6.87. The number of rotatable bonds is 5. The smallest absolute Gasteiger partial charge is 0.147 e. The van der Waals surface area contributed by atoms with Gasteiger partial charge in [0.15, 0.2) is 0 Å². The lowest BCUT2D eigenvalue weighted by molar-refractivity contribution is 1.19. The first-order chi connectivity index (χ1) is 10.3. The second kappa shape index (κ2) is 6.24. The Bertz CT molecular complexity index is 718. The molecule has 0 unspecified atom stereocenters. The van der Waals surface area contributed by atoms with Gasteiger partial charge in [-0.05, 0) is 36.2 Å². The molecule has 0 aliphatic carbocycles. The van der Waals surface area contributed by atoms with E-state index in [0.29, 0.717) is 5.82 Å². The zero-order valence-electron chi connectivity index (χ0n) is 11.7. The summed E-state index contributed by atoms with van der Waals surface area (Å²) < 4.78 is 4.26. The van der Waals surface area contributed by atoms with Gasteiger partial charge < -0.3 is 11.1 Å². The molecule has 0 radical (unpaired) electrons. The van der Waals surface area contributed by atoms with Crippen LogP contribution >= 0.6 is 22.9 Å². The number of hydrogen-bond donors (Lipinski definition) is 2. The first-order valence-electron chi connectivity index (χ1n) is 6.75. The van der Waals surface area contributed by atoms with Crippen LogP contribution in [0.25, 0.3) is 11.1 Å². The van der Waals surface area contributed by atoms with Crippen molar-refractivity contribution >= 4 is 33.7 Å². The minimum absolute atomic E-state index is 0.552. The van der Waals surface area contributed by atoms with E-state index in [1.807, 2.05) is 29.7 Å². The highest BCUT2D eigenvalue weighted by atomic mass is 32.1. The third kappa shape index (κ3) is 3.06. The number of nitrogens with two attached hydrogens (primary N) is 1. The van der Waals surface area contributed by atoms with Crippen LogP contribution in [0.2, 0.25) is 0 Å². The second-order valence-electron chi connectivity index (χ2n) is 4.59. The maximum atomic E-state index is 6.00. The van der Waals surface area contributed by atoms with Gasteiger partial charge in [0.25, 0.3) is 0 Å². The number of nitrogens with zero attached hydrogens (tertiary/aromatic N) is 2. The summed E-state index contributed by atoms with van der Waals surface area (Å²) in [6.45, 7) is 2.97. The van der Waals surface area contributed by atoms with Gasteiger partial charge in [0.2, 0.25) is 0 Å². The van der Waals surface area contributed by atoms with Crippen molar-refractivity contribution in [2.24, 2.45) is 0 Å². The van der Waals surface area contributed by atoms with Crippen molar-refractivity contribution < 1.29 is 0 Å². The zero-order valence-corrected chi connectivity index (χ0v) is 13.3. The van der Waals surface area contributed by atoms with Crippen LogP contribution in [0.1, 0.15) is 16.7 Å². The average molecular weight is 316 g/mol. The molecule has 0 spiro atoms. The molecule has 3 aromatic heterocycles. The summed E-state index contributed by atoms with van der Waals surface area (Å²) in [6.07, 6.45) is 4.65. The van der Waals surface area contributed by atoms with Gasteiger partial charge in [-0.25, -0.2) is 0 Å². The predicted octanol–water partition coefficient (Wildman–Crippen LogP) is 4.02. The lowest BCUT2D eigenvalue weighted by Crippen LogP contribution is -1.97. The Balaban J connectivity index is 1.80. The maximum absolute atomic E-state index is 6.00. The van der Waals surface area contributed by atoms with Gasteiger partial charge in [0.05, 0.1) is 12.1 Å².